The normalized spacial score (nSPS) is 17.0. The highest BCUT2D eigenvalue weighted by molar-refractivity contribution is 7.98. The van der Waals surface area contributed by atoms with Crippen molar-refractivity contribution >= 4 is 23.5 Å². The molecule has 2 N–H and O–H groups in total. The van der Waals surface area contributed by atoms with Crippen LogP contribution in [-0.4, -0.2) is 22.1 Å². The second-order valence-corrected chi connectivity index (χ2v) is 5.61. The van der Waals surface area contributed by atoms with Gasteiger partial charge < -0.3 is 10.3 Å². The Morgan fingerprint density at radius 1 is 1.27 bits per heavy atom. The third-order valence-electron chi connectivity index (χ3n) is 3.47. The van der Waals surface area contributed by atoms with Crippen LogP contribution in [-0.2, 0) is 4.79 Å². The fourth-order valence-corrected chi connectivity index (χ4v) is 2.84. The number of aromatic amines is 1. The zero-order valence-electron chi connectivity index (χ0n) is 11.4. The minimum absolute atomic E-state index is 0.0263. The first kappa shape index (κ1) is 14.7. The Balaban J connectivity index is 2.17. The van der Waals surface area contributed by atoms with Crippen LogP contribution in [0.4, 0.5) is 14.6 Å². The van der Waals surface area contributed by atoms with Gasteiger partial charge in [0.15, 0.2) is 16.8 Å². The lowest BCUT2D eigenvalue weighted by Crippen LogP contribution is -2.31. The number of hydrogen-bond donors (Lipinski definition) is 2. The van der Waals surface area contributed by atoms with E-state index in [1.807, 2.05) is 0 Å². The fraction of sp³-hybridized carbons (Fsp3) is 0.214. The smallest absolute Gasteiger partial charge is 0.257 e. The number of H-pyrrole nitrogens is 1. The zero-order chi connectivity index (χ0) is 15.9. The molecule has 1 aliphatic rings. The van der Waals surface area contributed by atoms with Gasteiger partial charge in [-0.1, -0.05) is 17.8 Å². The number of rotatable bonds is 2. The second-order valence-electron chi connectivity index (χ2n) is 4.82. The topological polar surface area (TPSA) is 74.8 Å². The van der Waals surface area contributed by atoms with Gasteiger partial charge in [0, 0.05) is 12.3 Å². The predicted octanol–water partition coefficient (Wildman–Crippen LogP) is 2.24. The maximum atomic E-state index is 13.4. The number of anilines is 1. The van der Waals surface area contributed by atoms with Crippen molar-refractivity contribution in [2.75, 3.05) is 11.6 Å². The number of thioether (sulfide) groups is 1. The molecule has 1 aromatic carbocycles. The quantitative estimate of drug-likeness (QED) is 0.656. The maximum absolute atomic E-state index is 13.4. The molecule has 1 atom stereocenters. The van der Waals surface area contributed by atoms with Crippen LogP contribution in [0, 0.1) is 11.6 Å². The van der Waals surface area contributed by atoms with Gasteiger partial charge in [-0.25, -0.2) is 13.8 Å². The summed E-state index contributed by atoms with van der Waals surface area (Å²) in [5.41, 5.74) is 0.215. The maximum Gasteiger partial charge on any atom is 0.257 e. The summed E-state index contributed by atoms with van der Waals surface area (Å²) in [5, 5.41) is 2.92. The van der Waals surface area contributed by atoms with E-state index in [9.17, 15) is 18.4 Å². The number of benzene rings is 1. The molecule has 5 nitrogen and oxygen atoms in total. The van der Waals surface area contributed by atoms with Crippen molar-refractivity contribution in [2.24, 2.45) is 0 Å². The van der Waals surface area contributed by atoms with Gasteiger partial charge in [0.2, 0.25) is 5.91 Å². The summed E-state index contributed by atoms with van der Waals surface area (Å²) in [6, 6.07) is 3.35. The predicted molar refractivity (Wildman–Crippen MR) is 78.1 cm³/mol. The number of nitrogens with one attached hydrogen (secondary N) is 2. The first-order chi connectivity index (χ1) is 10.5. The van der Waals surface area contributed by atoms with Crippen LogP contribution in [0.25, 0.3) is 0 Å². The van der Waals surface area contributed by atoms with Gasteiger partial charge in [0.1, 0.15) is 5.82 Å². The largest absolute Gasteiger partial charge is 0.310 e. The van der Waals surface area contributed by atoms with Crippen LogP contribution in [0.15, 0.2) is 28.2 Å². The van der Waals surface area contributed by atoms with E-state index in [0.29, 0.717) is 10.7 Å². The Bertz CT molecular complexity index is 822. The van der Waals surface area contributed by atoms with E-state index in [1.165, 1.54) is 17.8 Å². The van der Waals surface area contributed by atoms with Gasteiger partial charge in [-0.05, 0) is 24.0 Å². The molecule has 0 saturated heterocycles. The number of amides is 1. The number of fused-ring (bicyclic) bond motifs is 1. The molecule has 1 amide bonds. The Kier molecular flexibility index (Phi) is 3.69. The van der Waals surface area contributed by atoms with E-state index in [2.05, 4.69) is 15.3 Å². The molecule has 0 saturated carbocycles. The molecule has 0 aliphatic carbocycles. The SMILES string of the molecule is CSc1nc2c(c(=O)[nH]1)C(c1ccc(F)c(F)c1)CC(=O)N2. The molecule has 0 bridgehead atoms. The highest BCUT2D eigenvalue weighted by atomic mass is 32.2. The summed E-state index contributed by atoms with van der Waals surface area (Å²) in [4.78, 5) is 30.9. The molecular formula is C14H11F2N3O2S. The van der Waals surface area contributed by atoms with Crippen molar-refractivity contribution in [3.63, 3.8) is 0 Å². The minimum atomic E-state index is -1.02. The Morgan fingerprint density at radius 2 is 2.05 bits per heavy atom. The molecule has 1 aliphatic heterocycles. The lowest BCUT2D eigenvalue weighted by molar-refractivity contribution is -0.116. The minimum Gasteiger partial charge on any atom is -0.310 e. The van der Waals surface area contributed by atoms with Crippen LogP contribution in [0.5, 0.6) is 0 Å². The number of carbonyl (C=O) groups excluding carboxylic acids is 1. The number of halogens is 2. The highest BCUT2D eigenvalue weighted by Crippen LogP contribution is 2.34. The molecular weight excluding hydrogens is 312 g/mol. The molecule has 2 heterocycles. The Labute approximate surface area is 128 Å². The van der Waals surface area contributed by atoms with E-state index in [-0.39, 0.29) is 23.7 Å². The molecule has 22 heavy (non-hydrogen) atoms. The van der Waals surface area contributed by atoms with Crippen molar-refractivity contribution in [2.45, 2.75) is 17.5 Å². The van der Waals surface area contributed by atoms with Crippen molar-refractivity contribution in [1.29, 1.82) is 0 Å². The van der Waals surface area contributed by atoms with Crippen molar-refractivity contribution in [1.82, 2.24) is 9.97 Å². The van der Waals surface area contributed by atoms with E-state index < -0.39 is 23.1 Å². The standard InChI is InChI=1S/C14H11F2N3O2S/c1-22-14-18-12-11(13(21)19-14)7(5-10(20)17-12)6-2-3-8(15)9(16)4-6/h2-4,7H,5H2,1H3,(H2,17,18,19,20,21). The molecule has 0 spiro atoms. The second kappa shape index (κ2) is 5.53. The van der Waals surface area contributed by atoms with Gasteiger partial charge in [-0.3, -0.25) is 9.59 Å². The third kappa shape index (κ3) is 2.50. The third-order valence-corrected chi connectivity index (χ3v) is 4.05. The average Bonchev–Trinajstić information content (AvgIpc) is 2.48. The van der Waals surface area contributed by atoms with E-state index >= 15 is 0 Å². The average molecular weight is 323 g/mol. The summed E-state index contributed by atoms with van der Waals surface area (Å²) in [5.74, 6) is -2.82. The van der Waals surface area contributed by atoms with Crippen LogP contribution in [0.3, 0.4) is 0 Å². The lowest BCUT2D eigenvalue weighted by Gasteiger charge is -2.24. The van der Waals surface area contributed by atoms with Gasteiger partial charge in [0.25, 0.3) is 5.56 Å². The van der Waals surface area contributed by atoms with E-state index in [4.69, 9.17) is 0 Å². The zero-order valence-corrected chi connectivity index (χ0v) is 12.3. The van der Waals surface area contributed by atoms with Crippen LogP contribution in [0.2, 0.25) is 0 Å². The van der Waals surface area contributed by atoms with Crippen LogP contribution < -0.4 is 10.9 Å². The first-order valence-electron chi connectivity index (χ1n) is 6.42. The summed E-state index contributed by atoms with van der Waals surface area (Å²) >= 11 is 1.23. The molecule has 114 valence electrons. The molecule has 1 unspecified atom stereocenters. The van der Waals surface area contributed by atoms with Crippen LogP contribution >= 0.6 is 11.8 Å². The summed E-state index contributed by atoms with van der Waals surface area (Å²) < 4.78 is 26.5. The fourth-order valence-electron chi connectivity index (χ4n) is 2.46. The van der Waals surface area contributed by atoms with Crippen LogP contribution in [0.1, 0.15) is 23.5 Å². The Hall–Kier alpha value is -2.22. The molecule has 8 heteroatoms. The van der Waals surface area contributed by atoms with Crippen molar-refractivity contribution in [3.05, 3.63) is 51.3 Å². The monoisotopic (exact) mass is 323 g/mol. The lowest BCUT2D eigenvalue weighted by atomic mass is 9.87. The molecule has 0 radical (unpaired) electrons. The molecule has 3 rings (SSSR count). The van der Waals surface area contributed by atoms with Gasteiger partial charge in [-0.15, -0.1) is 0 Å². The van der Waals surface area contributed by atoms with E-state index in [1.54, 1.807) is 6.26 Å². The molecule has 2 aromatic rings. The van der Waals surface area contributed by atoms with E-state index in [0.717, 1.165) is 12.1 Å². The number of hydrogen-bond acceptors (Lipinski definition) is 4. The molecule has 0 fully saturated rings. The van der Waals surface area contributed by atoms with Gasteiger partial charge in [-0.2, -0.15) is 0 Å². The first-order valence-corrected chi connectivity index (χ1v) is 7.65. The van der Waals surface area contributed by atoms with Crippen molar-refractivity contribution in [3.8, 4) is 0 Å². The highest BCUT2D eigenvalue weighted by Gasteiger charge is 2.31. The number of aromatic nitrogens is 2. The summed E-state index contributed by atoms with van der Waals surface area (Å²) in [7, 11) is 0. The summed E-state index contributed by atoms with van der Waals surface area (Å²) in [6.07, 6.45) is 1.71. The number of nitrogens with zero attached hydrogens (tertiary/aromatic N) is 1. The molecule has 1 aromatic heterocycles. The van der Waals surface area contributed by atoms with Crippen molar-refractivity contribution < 1.29 is 13.6 Å². The van der Waals surface area contributed by atoms with Gasteiger partial charge in [0.05, 0.1) is 5.56 Å². The van der Waals surface area contributed by atoms with Gasteiger partial charge >= 0.3 is 0 Å². The summed E-state index contributed by atoms with van der Waals surface area (Å²) in [6.45, 7) is 0. The Morgan fingerprint density at radius 3 is 2.73 bits per heavy atom. The number of carbonyl (C=O) groups is 1.